The predicted octanol–water partition coefficient (Wildman–Crippen LogP) is 18.4. The van der Waals surface area contributed by atoms with Crippen LogP contribution in [0.15, 0.2) is 156 Å². The van der Waals surface area contributed by atoms with Crippen molar-refractivity contribution in [2.75, 3.05) is 0 Å². The molecule has 10 aromatic rings. The molecule has 1 aliphatic carbocycles. The standard InChI is InChI=1S/C52H50NO.C15H16N.Ir/c1-31-30-53-46(27-36(31)29-49(2,3)4)40-16-13-15-39-43-25-35-21-19-32-18-20-33(24-41(32)42(35)28-47(43)54-48(39)40)34-22-23-38-37-14-11-12-17-44(37)50(5,6)52(9,10)51(7,8)45(38)26-34;1-15(2,3)13-9-10-14(16-11-13)12-7-5-4-6-8-12;/h11-15,17-28,30H,29H2,1-10H3;4-7,9-11H,1-3H3;/q2*-1;/i1D3,29D2;;. The molecule has 0 saturated carbocycles. The maximum absolute atomic E-state index is 9.05. The molecule has 0 N–H and O–H groups in total. The van der Waals surface area contributed by atoms with Gasteiger partial charge in [-0.25, -0.2) is 0 Å². The molecule has 0 spiro atoms. The number of nitrogens with zero attached hydrogens (tertiary/aromatic N) is 2. The zero-order chi connectivity index (χ0) is 53.8. The summed E-state index contributed by atoms with van der Waals surface area (Å²) in [5.41, 5.74) is 12.2. The smallest absolute Gasteiger partial charge is 0.121 e. The molecular weight excluding hydrogens is 1040 g/mol. The minimum Gasteiger partial charge on any atom is -0.501 e. The molecule has 361 valence electrons. The van der Waals surface area contributed by atoms with E-state index in [4.69, 9.17) is 11.3 Å². The maximum Gasteiger partial charge on any atom is 0.121 e. The summed E-state index contributed by atoms with van der Waals surface area (Å²) >= 11 is 0. The summed E-state index contributed by atoms with van der Waals surface area (Å²) in [6.45, 7) is 23.8. The van der Waals surface area contributed by atoms with Crippen LogP contribution in [0, 0.1) is 29.8 Å². The summed E-state index contributed by atoms with van der Waals surface area (Å²) in [5.74, 6) is 0. The van der Waals surface area contributed by atoms with Crippen molar-refractivity contribution in [3.05, 3.63) is 192 Å². The fourth-order valence-corrected chi connectivity index (χ4v) is 10.5. The van der Waals surface area contributed by atoms with Gasteiger partial charge in [0.1, 0.15) is 5.58 Å². The number of hydrogen-bond acceptors (Lipinski definition) is 3. The summed E-state index contributed by atoms with van der Waals surface area (Å²) in [4.78, 5) is 9.06. The largest absolute Gasteiger partial charge is 0.501 e. The minimum atomic E-state index is -2.53. The normalized spacial score (nSPS) is 16.3. The average Bonchev–Trinajstić information content (AvgIpc) is 3.75. The van der Waals surface area contributed by atoms with E-state index in [1.807, 2.05) is 42.6 Å². The zero-order valence-corrected chi connectivity index (χ0v) is 45.5. The molecule has 11 rings (SSSR count). The second-order valence-corrected chi connectivity index (χ2v) is 22.9. The molecule has 7 aromatic carbocycles. The number of hydrogen-bond donors (Lipinski definition) is 0. The van der Waals surface area contributed by atoms with E-state index in [1.54, 1.807) is 26.8 Å². The number of rotatable bonds is 4. The van der Waals surface area contributed by atoms with Crippen LogP contribution in [0.5, 0.6) is 0 Å². The van der Waals surface area contributed by atoms with Crippen molar-refractivity contribution < 1.29 is 31.4 Å². The number of aryl methyl sites for hydroxylation is 1. The summed E-state index contributed by atoms with van der Waals surface area (Å²) in [7, 11) is 0. The van der Waals surface area contributed by atoms with Crippen molar-refractivity contribution in [1.29, 1.82) is 0 Å². The van der Waals surface area contributed by atoms with Crippen molar-refractivity contribution >= 4 is 43.5 Å². The van der Waals surface area contributed by atoms with Gasteiger partial charge in [0.05, 0.1) is 5.58 Å². The van der Waals surface area contributed by atoms with Crippen LogP contribution in [0.4, 0.5) is 0 Å². The van der Waals surface area contributed by atoms with E-state index in [1.165, 1.54) is 39.6 Å². The molecular formula is C67H66IrN2O-2. The summed E-state index contributed by atoms with van der Waals surface area (Å²) in [6.07, 6.45) is 1.29. The third-order valence-electron chi connectivity index (χ3n) is 15.7. The van der Waals surface area contributed by atoms with Crippen molar-refractivity contribution in [3.63, 3.8) is 0 Å². The molecule has 0 bridgehead atoms. The van der Waals surface area contributed by atoms with Crippen LogP contribution >= 0.6 is 0 Å². The third kappa shape index (κ3) is 8.87. The van der Waals surface area contributed by atoms with Crippen molar-refractivity contribution in [1.82, 2.24) is 9.97 Å². The molecule has 1 aliphatic rings. The van der Waals surface area contributed by atoms with E-state index in [0.29, 0.717) is 22.4 Å². The third-order valence-corrected chi connectivity index (χ3v) is 15.7. The average molecular weight is 1110 g/mol. The monoisotopic (exact) mass is 1110 g/mol. The van der Waals surface area contributed by atoms with Crippen LogP contribution in [-0.2, 0) is 42.7 Å². The van der Waals surface area contributed by atoms with Crippen molar-refractivity contribution in [2.24, 2.45) is 10.8 Å². The fraction of sp³-hybridized carbons (Fsp3) is 0.284. The van der Waals surface area contributed by atoms with E-state index in [0.717, 1.165) is 49.1 Å². The molecule has 0 atom stereocenters. The first-order valence-corrected chi connectivity index (χ1v) is 24.5. The van der Waals surface area contributed by atoms with Crippen LogP contribution in [0.2, 0.25) is 0 Å². The molecule has 3 nitrogen and oxygen atoms in total. The molecule has 0 aliphatic heterocycles. The molecule has 0 fully saturated rings. The van der Waals surface area contributed by atoms with Gasteiger partial charge in [-0.1, -0.05) is 178 Å². The van der Waals surface area contributed by atoms with E-state index < -0.39 is 18.6 Å². The quantitative estimate of drug-likeness (QED) is 0.130. The number of fused-ring (bicyclic) bond motifs is 9. The van der Waals surface area contributed by atoms with Crippen LogP contribution in [0.3, 0.4) is 0 Å². The zero-order valence-electron chi connectivity index (χ0n) is 48.1. The van der Waals surface area contributed by atoms with Crippen LogP contribution in [-0.4, -0.2) is 9.97 Å². The Bertz CT molecular complexity index is 3840. The molecule has 3 heterocycles. The SMILES string of the molecule is CC(C)(C)c1ccc(-c2[c-]cccc2)nc1.[2H]C([2H])([2H])c1cnc(-c2[c-]ccc3c2oc2cc4c(ccc5ccc(-c6ccc7c(c6)C(C)(C)C(C)(C)C(C)(C)c6ccccc6-7)cc54)cc23)cc1C([2H])([2H])C(C)(C)C.[Ir]. The van der Waals surface area contributed by atoms with E-state index in [-0.39, 0.29) is 52.9 Å². The molecule has 0 amide bonds. The van der Waals surface area contributed by atoms with Crippen LogP contribution < -0.4 is 0 Å². The molecule has 0 saturated heterocycles. The van der Waals surface area contributed by atoms with Gasteiger partial charge in [-0.15, -0.1) is 54.1 Å². The molecule has 3 aromatic heterocycles. The van der Waals surface area contributed by atoms with E-state index >= 15 is 0 Å². The van der Waals surface area contributed by atoms with Gasteiger partial charge in [0, 0.05) is 44.7 Å². The van der Waals surface area contributed by atoms with Crippen LogP contribution in [0.25, 0.3) is 88.3 Å². The van der Waals surface area contributed by atoms with Gasteiger partial charge in [-0.05, 0) is 142 Å². The van der Waals surface area contributed by atoms with Gasteiger partial charge in [-0.2, -0.15) is 0 Å². The van der Waals surface area contributed by atoms with Crippen molar-refractivity contribution in [3.8, 4) is 44.8 Å². The Hall–Kier alpha value is -6.19. The Kier molecular flexibility index (Phi) is 11.1. The van der Waals surface area contributed by atoms with Crippen molar-refractivity contribution in [2.45, 2.75) is 113 Å². The molecule has 1 radical (unpaired) electrons. The molecule has 0 unspecified atom stereocenters. The van der Waals surface area contributed by atoms with Gasteiger partial charge in [0.15, 0.2) is 0 Å². The fourth-order valence-electron chi connectivity index (χ4n) is 10.5. The first kappa shape index (κ1) is 43.6. The van der Waals surface area contributed by atoms with Gasteiger partial charge < -0.3 is 14.4 Å². The van der Waals surface area contributed by atoms with Gasteiger partial charge in [0.2, 0.25) is 0 Å². The molecule has 4 heteroatoms. The van der Waals surface area contributed by atoms with E-state index in [2.05, 4.69) is 181 Å². The summed E-state index contributed by atoms with van der Waals surface area (Å²) < 4.78 is 49.3. The van der Waals surface area contributed by atoms with Gasteiger partial charge in [0.25, 0.3) is 0 Å². The first-order chi connectivity index (χ1) is 35.1. The second-order valence-electron chi connectivity index (χ2n) is 22.9. The number of furan rings is 1. The number of benzene rings is 7. The molecule has 71 heavy (non-hydrogen) atoms. The first-order valence-electron chi connectivity index (χ1n) is 27.0. The second kappa shape index (κ2) is 18.1. The van der Waals surface area contributed by atoms with E-state index in [9.17, 15) is 0 Å². The van der Waals surface area contributed by atoms with Crippen LogP contribution in [0.1, 0.15) is 118 Å². The summed E-state index contributed by atoms with van der Waals surface area (Å²) in [6, 6.07) is 55.3. The Morgan fingerprint density at radius 3 is 1.99 bits per heavy atom. The predicted molar refractivity (Wildman–Crippen MR) is 297 cm³/mol. The maximum atomic E-state index is 9.05. The Balaban J connectivity index is 0.000000355. The topological polar surface area (TPSA) is 38.9 Å². The van der Waals surface area contributed by atoms with Gasteiger partial charge in [-0.3, -0.25) is 0 Å². The Morgan fingerprint density at radius 1 is 0.592 bits per heavy atom. The number of pyridine rings is 2. The Morgan fingerprint density at radius 2 is 1.27 bits per heavy atom. The van der Waals surface area contributed by atoms with Gasteiger partial charge >= 0.3 is 0 Å². The minimum absolute atomic E-state index is 0. The Labute approximate surface area is 442 Å². The summed E-state index contributed by atoms with van der Waals surface area (Å²) in [5, 5.41) is 6.26. The number of aromatic nitrogens is 2.